The molecule has 0 amide bonds. The van der Waals surface area contributed by atoms with Crippen LogP contribution in [0.3, 0.4) is 0 Å². The summed E-state index contributed by atoms with van der Waals surface area (Å²) in [4.78, 5) is 2.25. The number of aryl methyl sites for hydroxylation is 1. The molecule has 0 aliphatic heterocycles. The predicted molar refractivity (Wildman–Crippen MR) is 78.2 cm³/mol. The maximum Gasteiger partial charge on any atom is 0.00202 e. The smallest absolute Gasteiger partial charge is 0.00202 e. The molecule has 0 bridgehead atoms. The van der Waals surface area contributed by atoms with E-state index in [1.165, 1.54) is 32.2 Å². The first-order valence-corrected chi connectivity index (χ1v) is 7.20. The Hall–Kier alpha value is -0.860. The molecule has 1 aliphatic carbocycles. The van der Waals surface area contributed by atoms with Crippen LogP contribution in [0.25, 0.3) is 0 Å². The lowest BCUT2D eigenvalue weighted by atomic mass is 9.83. The minimum atomic E-state index is 0.731. The Morgan fingerprint density at radius 2 is 2.11 bits per heavy atom. The lowest BCUT2D eigenvalue weighted by Gasteiger charge is -2.25. The average molecular weight is 246 g/mol. The Balaban J connectivity index is 1.77. The van der Waals surface area contributed by atoms with Crippen LogP contribution in [-0.4, -0.2) is 38.6 Å². The van der Waals surface area contributed by atoms with Gasteiger partial charge in [-0.2, -0.15) is 0 Å². The van der Waals surface area contributed by atoms with Gasteiger partial charge < -0.3 is 10.2 Å². The SMILES string of the molecule is CN(C)CCCNCC1CCCc2ccccc21. The second-order valence-electron chi connectivity index (χ2n) is 5.65. The highest BCUT2D eigenvalue weighted by atomic mass is 15.1. The summed E-state index contributed by atoms with van der Waals surface area (Å²) in [5.41, 5.74) is 3.16. The second kappa shape index (κ2) is 6.91. The van der Waals surface area contributed by atoms with Crippen LogP contribution in [0.5, 0.6) is 0 Å². The fourth-order valence-corrected chi connectivity index (χ4v) is 2.86. The molecule has 0 fully saturated rings. The minimum Gasteiger partial charge on any atom is -0.316 e. The molecule has 1 aromatic carbocycles. The van der Waals surface area contributed by atoms with Crippen molar-refractivity contribution >= 4 is 0 Å². The van der Waals surface area contributed by atoms with Crippen molar-refractivity contribution in [1.29, 1.82) is 0 Å². The molecule has 18 heavy (non-hydrogen) atoms. The molecule has 0 spiro atoms. The first kappa shape index (κ1) is 13.6. The largest absolute Gasteiger partial charge is 0.316 e. The van der Waals surface area contributed by atoms with Crippen molar-refractivity contribution in [2.45, 2.75) is 31.6 Å². The van der Waals surface area contributed by atoms with Gasteiger partial charge in [0, 0.05) is 6.54 Å². The van der Waals surface area contributed by atoms with E-state index >= 15 is 0 Å². The molecule has 1 atom stereocenters. The lowest BCUT2D eigenvalue weighted by molar-refractivity contribution is 0.391. The third kappa shape index (κ3) is 3.82. The maximum absolute atomic E-state index is 3.62. The van der Waals surface area contributed by atoms with Crippen molar-refractivity contribution in [3.63, 3.8) is 0 Å². The number of nitrogens with one attached hydrogen (secondary N) is 1. The van der Waals surface area contributed by atoms with Gasteiger partial charge in [0.1, 0.15) is 0 Å². The summed E-state index contributed by atoms with van der Waals surface area (Å²) in [5, 5.41) is 3.62. The Morgan fingerprint density at radius 3 is 2.94 bits per heavy atom. The molecule has 2 heteroatoms. The number of hydrogen-bond donors (Lipinski definition) is 1. The quantitative estimate of drug-likeness (QED) is 0.776. The lowest BCUT2D eigenvalue weighted by Crippen LogP contribution is -2.27. The molecule has 1 unspecified atom stereocenters. The van der Waals surface area contributed by atoms with Gasteiger partial charge in [-0.1, -0.05) is 24.3 Å². The fourth-order valence-electron chi connectivity index (χ4n) is 2.86. The van der Waals surface area contributed by atoms with Gasteiger partial charge in [-0.3, -0.25) is 0 Å². The highest BCUT2D eigenvalue weighted by Crippen LogP contribution is 2.30. The molecule has 1 aromatic rings. The molecular weight excluding hydrogens is 220 g/mol. The van der Waals surface area contributed by atoms with Gasteiger partial charge in [-0.05, 0) is 69.9 Å². The normalized spacial score (nSPS) is 18.9. The monoisotopic (exact) mass is 246 g/mol. The number of benzene rings is 1. The third-order valence-electron chi connectivity index (χ3n) is 3.84. The van der Waals surface area contributed by atoms with Crippen molar-refractivity contribution in [2.24, 2.45) is 0 Å². The van der Waals surface area contributed by atoms with E-state index in [1.807, 2.05) is 0 Å². The first-order valence-electron chi connectivity index (χ1n) is 7.20. The summed E-state index contributed by atoms with van der Waals surface area (Å²) in [7, 11) is 4.27. The maximum atomic E-state index is 3.62. The summed E-state index contributed by atoms with van der Waals surface area (Å²) in [5.74, 6) is 0.731. The zero-order valence-corrected chi connectivity index (χ0v) is 11.8. The van der Waals surface area contributed by atoms with E-state index in [0.29, 0.717) is 0 Å². The molecular formula is C16H26N2. The van der Waals surface area contributed by atoms with Gasteiger partial charge >= 0.3 is 0 Å². The average Bonchev–Trinajstić information content (AvgIpc) is 2.38. The molecule has 2 nitrogen and oxygen atoms in total. The van der Waals surface area contributed by atoms with E-state index in [9.17, 15) is 0 Å². The summed E-state index contributed by atoms with van der Waals surface area (Å²) >= 11 is 0. The molecule has 0 aromatic heterocycles. The molecule has 1 aliphatic rings. The number of nitrogens with zero attached hydrogens (tertiary/aromatic N) is 1. The fraction of sp³-hybridized carbons (Fsp3) is 0.625. The van der Waals surface area contributed by atoms with Crippen molar-refractivity contribution in [2.75, 3.05) is 33.7 Å². The van der Waals surface area contributed by atoms with Gasteiger partial charge in [0.2, 0.25) is 0 Å². The number of hydrogen-bond acceptors (Lipinski definition) is 2. The van der Waals surface area contributed by atoms with E-state index < -0.39 is 0 Å². The summed E-state index contributed by atoms with van der Waals surface area (Å²) in [6, 6.07) is 8.98. The van der Waals surface area contributed by atoms with Crippen molar-refractivity contribution in [1.82, 2.24) is 10.2 Å². The number of rotatable bonds is 6. The Kier molecular flexibility index (Phi) is 5.21. The molecule has 0 saturated heterocycles. The van der Waals surface area contributed by atoms with E-state index in [-0.39, 0.29) is 0 Å². The molecule has 1 N–H and O–H groups in total. The van der Waals surface area contributed by atoms with E-state index in [1.54, 1.807) is 11.1 Å². The Labute approximate surface area is 111 Å². The molecule has 100 valence electrons. The Morgan fingerprint density at radius 1 is 1.28 bits per heavy atom. The van der Waals surface area contributed by atoms with Crippen LogP contribution in [0, 0.1) is 0 Å². The summed E-state index contributed by atoms with van der Waals surface area (Å²) in [6.45, 7) is 3.45. The van der Waals surface area contributed by atoms with Crippen LogP contribution < -0.4 is 5.32 Å². The predicted octanol–water partition coefficient (Wildman–Crippen LogP) is 2.65. The van der Waals surface area contributed by atoms with Gasteiger partial charge in [0.05, 0.1) is 0 Å². The standard InChI is InChI=1S/C16H26N2/c1-18(2)12-6-11-17-13-15-9-5-8-14-7-3-4-10-16(14)15/h3-4,7,10,15,17H,5-6,8-9,11-13H2,1-2H3. The highest BCUT2D eigenvalue weighted by Gasteiger charge is 2.18. The highest BCUT2D eigenvalue weighted by molar-refractivity contribution is 5.32. The van der Waals surface area contributed by atoms with Crippen LogP contribution in [0.1, 0.15) is 36.3 Å². The molecule has 0 radical (unpaired) electrons. The summed E-state index contributed by atoms with van der Waals surface area (Å²) < 4.78 is 0. The zero-order chi connectivity index (χ0) is 12.8. The van der Waals surface area contributed by atoms with Crippen molar-refractivity contribution < 1.29 is 0 Å². The van der Waals surface area contributed by atoms with E-state index in [4.69, 9.17) is 0 Å². The number of fused-ring (bicyclic) bond motifs is 1. The minimum absolute atomic E-state index is 0.731. The second-order valence-corrected chi connectivity index (χ2v) is 5.65. The van der Waals surface area contributed by atoms with Crippen LogP contribution in [0.2, 0.25) is 0 Å². The van der Waals surface area contributed by atoms with Crippen LogP contribution in [-0.2, 0) is 6.42 Å². The van der Waals surface area contributed by atoms with E-state index in [0.717, 1.165) is 19.0 Å². The first-order chi connectivity index (χ1) is 8.77. The molecule has 2 rings (SSSR count). The zero-order valence-electron chi connectivity index (χ0n) is 11.8. The van der Waals surface area contributed by atoms with Crippen LogP contribution in [0.4, 0.5) is 0 Å². The Bertz CT molecular complexity index is 360. The van der Waals surface area contributed by atoms with Crippen molar-refractivity contribution in [3.05, 3.63) is 35.4 Å². The van der Waals surface area contributed by atoms with E-state index in [2.05, 4.69) is 48.6 Å². The summed E-state index contributed by atoms with van der Waals surface area (Å²) in [6.07, 6.45) is 5.20. The van der Waals surface area contributed by atoms with Crippen LogP contribution >= 0.6 is 0 Å². The molecule has 0 saturated carbocycles. The van der Waals surface area contributed by atoms with Gasteiger partial charge in [0.25, 0.3) is 0 Å². The third-order valence-corrected chi connectivity index (χ3v) is 3.84. The van der Waals surface area contributed by atoms with Crippen molar-refractivity contribution in [3.8, 4) is 0 Å². The van der Waals surface area contributed by atoms with Crippen LogP contribution in [0.15, 0.2) is 24.3 Å². The topological polar surface area (TPSA) is 15.3 Å². The van der Waals surface area contributed by atoms with Gasteiger partial charge in [-0.15, -0.1) is 0 Å². The van der Waals surface area contributed by atoms with Gasteiger partial charge in [0.15, 0.2) is 0 Å². The van der Waals surface area contributed by atoms with Gasteiger partial charge in [-0.25, -0.2) is 0 Å². The molecule has 0 heterocycles.